The zero-order valence-corrected chi connectivity index (χ0v) is 15.4. The molecule has 4 nitrogen and oxygen atoms in total. The van der Waals surface area contributed by atoms with Gasteiger partial charge >= 0.3 is 0 Å². The van der Waals surface area contributed by atoms with Crippen LogP contribution in [-0.4, -0.2) is 15.0 Å². The van der Waals surface area contributed by atoms with Crippen molar-refractivity contribution in [1.82, 2.24) is 4.72 Å². The molecule has 3 aromatic rings. The average molecular weight is 366 g/mol. The van der Waals surface area contributed by atoms with E-state index in [1.807, 2.05) is 61.5 Å². The van der Waals surface area contributed by atoms with E-state index in [0.29, 0.717) is 0 Å². The molecule has 0 unspecified atom stereocenters. The lowest BCUT2D eigenvalue weighted by atomic mass is 10.1. The Bertz CT molecular complexity index is 925. The molecule has 3 rings (SSSR count). The SMILES string of the molecule is Cc1ccc(N[C@H](CNS(=O)(=O)c2ccccc2)c2ccccc2)cc1. The standard InChI is InChI=1S/C21H22N2O2S/c1-17-12-14-19(15-13-17)23-21(18-8-4-2-5-9-18)16-22-26(24,25)20-10-6-3-7-11-20/h2-15,21-23H,16H2,1H3/t21-/m1/s1. The maximum atomic E-state index is 12.5. The van der Waals surface area contributed by atoms with E-state index in [1.165, 1.54) is 5.56 Å². The molecule has 0 aliphatic rings. The maximum Gasteiger partial charge on any atom is 0.240 e. The third kappa shape index (κ3) is 4.71. The molecular formula is C21H22N2O2S. The van der Waals surface area contributed by atoms with Crippen molar-refractivity contribution in [2.45, 2.75) is 17.9 Å². The fourth-order valence-corrected chi connectivity index (χ4v) is 3.73. The number of rotatable bonds is 7. The number of anilines is 1. The Labute approximate surface area is 155 Å². The molecule has 0 amide bonds. The number of benzene rings is 3. The van der Waals surface area contributed by atoms with E-state index < -0.39 is 10.0 Å². The normalized spacial score (nSPS) is 12.5. The van der Waals surface area contributed by atoms with Crippen LogP contribution in [0, 0.1) is 6.92 Å². The molecule has 0 aromatic heterocycles. The van der Waals surface area contributed by atoms with Crippen LogP contribution in [0.2, 0.25) is 0 Å². The lowest BCUT2D eigenvalue weighted by Gasteiger charge is -2.21. The first-order chi connectivity index (χ1) is 12.5. The molecule has 5 heteroatoms. The average Bonchev–Trinajstić information content (AvgIpc) is 2.68. The van der Waals surface area contributed by atoms with E-state index in [2.05, 4.69) is 10.0 Å². The first-order valence-electron chi connectivity index (χ1n) is 8.47. The summed E-state index contributed by atoms with van der Waals surface area (Å²) in [4.78, 5) is 0.266. The molecule has 0 aliphatic heterocycles. The van der Waals surface area contributed by atoms with Crippen LogP contribution in [0.15, 0.2) is 89.8 Å². The molecule has 0 bridgehead atoms. The first-order valence-corrected chi connectivity index (χ1v) is 9.96. The summed E-state index contributed by atoms with van der Waals surface area (Å²) in [5.41, 5.74) is 3.14. The third-order valence-electron chi connectivity index (χ3n) is 4.13. The van der Waals surface area contributed by atoms with Crippen LogP contribution >= 0.6 is 0 Å². The van der Waals surface area contributed by atoms with Crippen molar-refractivity contribution in [2.24, 2.45) is 0 Å². The van der Waals surface area contributed by atoms with E-state index in [-0.39, 0.29) is 17.5 Å². The summed E-state index contributed by atoms with van der Waals surface area (Å²) in [6, 6.07) is 26.1. The molecule has 0 spiro atoms. The molecule has 0 fully saturated rings. The van der Waals surface area contributed by atoms with Crippen LogP contribution < -0.4 is 10.0 Å². The molecule has 0 saturated heterocycles. The van der Waals surface area contributed by atoms with Crippen molar-refractivity contribution >= 4 is 15.7 Å². The number of sulfonamides is 1. The highest BCUT2D eigenvalue weighted by molar-refractivity contribution is 7.89. The van der Waals surface area contributed by atoms with Crippen LogP contribution in [0.3, 0.4) is 0 Å². The smallest absolute Gasteiger partial charge is 0.240 e. The van der Waals surface area contributed by atoms with Crippen molar-refractivity contribution in [1.29, 1.82) is 0 Å². The van der Waals surface area contributed by atoms with Gasteiger partial charge in [0.15, 0.2) is 0 Å². The summed E-state index contributed by atoms with van der Waals surface area (Å²) in [5.74, 6) is 0. The highest BCUT2D eigenvalue weighted by Crippen LogP contribution is 2.20. The Morgan fingerprint density at radius 2 is 1.38 bits per heavy atom. The number of hydrogen-bond acceptors (Lipinski definition) is 3. The lowest BCUT2D eigenvalue weighted by Crippen LogP contribution is -2.31. The summed E-state index contributed by atoms with van der Waals surface area (Å²) in [5, 5.41) is 3.42. The fraction of sp³-hybridized carbons (Fsp3) is 0.143. The van der Waals surface area contributed by atoms with Gasteiger partial charge < -0.3 is 5.32 Å². The van der Waals surface area contributed by atoms with Gasteiger partial charge in [0.25, 0.3) is 0 Å². The van der Waals surface area contributed by atoms with Crippen LogP contribution in [-0.2, 0) is 10.0 Å². The Morgan fingerprint density at radius 1 is 0.808 bits per heavy atom. The second kappa shape index (κ2) is 8.17. The van der Waals surface area contributed by atoms with Gasteiger partial charge in [-0.05, 0) is 36.8 Å². The van der Waals surface area contributed by atoms with E-state index >= 15 is 0 Å². The summed E-state index contributed by atoms with van der Waals surface area (Å²) in [6.07, 6.45) is 0. The minimum atomic E-state index is -3.55. The Kier molecular flexibility index (Phi) is 5.71. The van der Waals surface area contributed by atoms with Gasteiger partial charge in [0.05, 0.1) is 10.9 Å². The number of nitrogens with one attached hydrogen (secondary N) is 2. The predicted octanol–water partition coefficient (Wildman–Crippen LogP) is 4.13. The lowest BCUT2D eigenvalue weighted by molar-refractivity contribution is 0.576. The van der Waals surface area contributed by atoms with E-state index in [0.717, 1.165) is 11.3 Å². The summed E-state index contributed by atoms with van der Waals surface area (Å²) >= 11 is 0. The molecule has 0 saturated carbocycles. The van der Waals surface area contributed by atoms with Crippen molar-refractivity contribution in [3.05, 3.63) is 96.1 Å². The maximum absolute atomic E-state index is 12.5. The third-order valence-corrected chi connectivity index (χ3v) is 5.56. The summed E-state index contributed by atoms with van der Waals surface area (Å²) < 4.78 is 27.8. The molecular weight excluding hydrogens is 344 g/mol. The van der Waals surface area contributed by atoms with Crippen LogP contribution in [0.5, 0.6) is 0 Å². The van der Waals surface area contributed by atoms with Gasteiger partial charge in [0.2, 0.25) is 10.0 Å². The van der Waals surface area contributed by atoms with Crippen LogP contribution in [0.4, 0.5) is 5.69 Å². The molecule has 134 valence electrons. The van der Waals surface area contributed by atoms with Crippen molar-refractivity contribution in [3.8, 4) is 0 Å². The van der Waals surface area contributed by atoms with Crippen molar-refractivity contribution in [2.75, 3.05) is 11.9 Å². The van der Waals surface area contributed by atoms with Crippen LogP contribution in [0.1, 0.15) is 17.2 Å². The van der Waals surface area contributed by atoms with E-state index in [9.17, 15) is 8.42 Å². The van der Waals surface area contributed by atoms with Crippen LogP contribution in [0.25, 0.3) is 0 Å². The summed E-state index contributed by atoms with van der Waals surface area (Å²) in [6.45, 7) is 2.28. The van der Waals surface area contributed by atoms with Gasteiger partial charge in [0.1, 0.15) is 0 Å². The van der Waals surface area contributed by atoms with Gasteiger partial charge in [-0.1, -0.05) is 66.2 Å². The fourth-order valence-electron chi connectivity index (χ4n) is 2.66. The van der Waals surface area contributed by atoms with Crippen molar-refractivity contribution in [3.63, 3.8) is 0 Å². The zero-order valence-electron chi connectivity index (χ0n) is 14.6. The quantitative estimate of drug-likeness (QED) is 0.661. The van der Waals surface area contributed by atoms with Gasteiger partial charge in [-0.25, -0.2) is 13.1 Å². The topological polar surface area (TPSA) is 58.2 Å². The minimum absolute atomic E-state index is 0.183. The molecule has 2 N–H and O–H groups in total. The number of aryl methyl sites for hydroxylation is 1. The first kappa shape index (κ1) is 18.2. The Morgan fingerprint density at radius 3 is 2.00 bits per heavy atom. The zero-order chi connectivity index (χ0) is 18.4. The monoisotopic (exact) mass is 366 g/mol. The highest BCUT2D eigenvalue weighted by atomic mass is 32.2. The van der Waals surface area contributed by atoms with Gasteiger partial charge in [0, 0.05) is 12.2 Å². The summed E-state index contributed by atoms with van der Waals surface area (Å²) in [7, 11) is -3.55. The second-order valence-corrected chi connectivity index (χ2v) is 7.91. The molecule has 1 atom stereocenters. The highest BCUT2D eigenvalue weighted by Gasteiger charge is 2.18. The van der Waals surface area contributed by atoms with Crippen molar-refractivity contribution < 1.29 is 8.42 Å². The predicted molar refractivity (Wildman–Crippen MR) is 106 cm³/mol. The Hall–Kier alpha value is -2.63. The molecule has 0 aliphatic carbocycles. The van der Waals surface area contributed by atoms with Gasteiger partial charge in [-0.2, -0.15) is 0 Å². The molecule has 26 heavy (non-hydrogen) atoms. The van der Waals surface area contributed by atoms with Gasteiger partial charge in [-0.3, -0.25) is 0 Å². The second-order valence-electron chi connectivity index (χ2n) is 6.14. The molecule has 3 aromatic carbocycles. The van der Waals surface area contributed by atoms with E-state index in [1.54, 1.807) is 30.3 Å². The molecule has 0 heterocycles. The van der Waals surface area contributed by atoms with Gasteiger partial charge in [-0.15, -0.1) is 0 Å². The minimum Gasteiger partial charge on any atom is -0.377 e. The Balaban J connectivity index is 1.79. The largest absolute Gasteiger partial charge is 0.377 e. The number of hydrogen-bond donors (Lipinski definition) is 2. The molecule has 0 radical (unpaired) electrons. The van der Waals surface area contributed by atoms with E-state index in [4.69, 9.17) is 0 Å².